The lowest BCUT2D eigenvalue weighted by atomic mass is 10.1. The molecule has 0 fully saturated rings. The van der Waals surface area contributed by atoms with E-state index >= 15 is 0 Å². The Morgan fingerprint density at radius 1 is 1.38 bits per heavy atom. The molecule has 1 aromatic heterocycles. The number of carbonyl (C=O) groups is 2. The fourth-order valence-corrected chi connectivity index (χ4v) is 2.17. The smallest absolute Gasteiger partial charge is 0.422 e. The highest BCUT2D eigenvalue weighted by Gasteiger charge is 2.35. The molecule has 1 aromatic carbocycles. The quantitative estimate of drug-likeness (QED) is 0.194. The van der Waals surface area contributed by atoms with Crippen LogP contribution in [-0.4, -0.2) is 36.2 Å². The normalized spacial score (nSPS) is 10.0. The molecule has 1 heterocycles. The number of rotatable bonds is 7. The standard InChI is InChI=1S/C17H16N2O5/c1-3-4-7-10-23-17(21)15-13(14(19-18)16(20)22-2)11-8-5-6-9-12(11)24-15/h3,5-6,8-9H,1,4,7,10H2,2H3. The summed E-state index contributed by atoms with van der Waals surface area (Å²) >= 11 is 0. The Morgan fingerprint density at radius 2 is 2.12 bits per heavy atom. The molecule has 7 heteroatoms. The van der Waals surface area contributed by atoms with E-state index in [9.17, 15) is 15.1 Å². The first kappa shape index (κ1) is 17.2. The zero-order valence-corrected chi connectivity index (χ0v) is 13.2. The van der Waals surface area contributed by atoms with Crippen molar-refractivity contribution in [2.24, 2.45) is 0 Å². The van der Waals surface area contributed by atoms with Gasteiger partial charge in [-0.3, -0.25) is 0 Å². The molecule has 124 valence electrons. The molecular weight excluding hydrogens is 312 g/mol. The second kappa shape index (κ2) is 7.89. The molecule has 0 radical (unpaired) electrons. The van der Waals surface area contributed by atoms with Crippen LogP contribution in [0.25, 0.3) is 16.5 Å². The Balaban J connectivity index is 2.47. The van der Waals surface area contributed by atoms with Gasteiger partial charge in [0.15, 0.2) is 0 Å². The molecule has 0 aliphatic heterocycles. The lowest BCUT2D eigenvalue weighted by Crippen LogP contribution is -2.21. The van der Waals surface area contributed by atoms with Crippen molar-refractivity contribution in [2.45, 2.75) is 12.8 Å². The number of esters is 2. The second-order valence-corrected chi connectivity index (χ2v) is 4.81. The predicted octanol–water partition coefficient (Wildman–Crippen LogP) is 2.75. The third kappa shape index (κ3) is 3.42. The third-order valence-corrected chi connectivity index (χ3v) is 3.28. The van der Waals surface area contributed by atoms with Gasteiger partial charge in [0.1, 0.15) is 11.1 Å². The van der Waals surface area contributed by atoms with Gasteiger partial charge in [-0.05, 0) is 18.9 Å². The van der Waals surface area contributed by atoms with E-state index in [1.165, 1.54) is 0 Å². The molecule has 0 aliphatic rings. The molecule has 0 bridgehead atoms. The number of nitrogens with zero attached hydrogens (tertiary/aromatic N) is 2. The van der Waals surface area contributed by atoms with Gasteiger partial charge in [0, 0.05) is 5.39 Å². The summed E-state index contributed by atoms with van der Waals surface area (Å²) in [4.78, 5) is 27.1. The first-order chi connectivity index (χ1) is 11.6. The van der Waals surface area contributed by atoms with Crippen molar-refractivity contribution in [3.63, 3.8) is 0 Å². The van der Waals surface area contributed by atoms with Crippen molar-refractivity contribution in [3.8, 4) is 0 Å². The summed E-state index contributed by atoms with van der Waals surface area (Å²) in [5, 5.41) is 0.439. The molecule has 0 amide bonds. The van der Waals surface area contributed by atoms with E-state index in [4.69, 9.17) is 9.15 Å². The van der Waals surface area contributed by atoms with E-state index < -0.39 is 17.7 Å². The average molecular weight is 328 g/mol. The Kier molecular flexibility index (Phi) is 5.65. The minimum Gasteiger partial charge on any atom is -0.460 e. The van der Waals surface area contributed by atoms with E-state index in [1.54, 1.807) is 30.3 Å². The molecule has 0 saturated heterocycles. The van der Waals surface area contributed by atoms with Gasteiger partial charge in [-0.1, -0.05) is 24.3 Å². The average Bonchev–Trinajstić information content (AvgIpc) is 2.98. The van der Waals surface area contributed by atoms with Crippen LogP contribution >= 0.6 is 0 Å². The fourth-order valence-electron chi connectivity index (χ4n) is 2.17. The van der Waals surface area contributed by atoms with Crippen molar-refractivity contribution in [2.75, 3.05) is 13.7 Å². The topological polar surface area (TPSA) is 102 Å². The molecule has 7 nitrogen and oxygen atoms in total. The maximum Gasteiger partial charge on any atom is 0.422 e. The van der Waals surface area contributed by atoms with Crippen molar-refractivity contribution >= 4 is 28.6 Å². The van der Waals surface area contributed by atoms with Crippen LogP contribution in [0.2, 0.25) is 0 Å². The highest BCUT2D eigenvalue weighted by molar-refractivity contribution is 6.44. The summed E-state index contributed by atoms with van der Waals surface area (Å²) in [6.07, 6.45) is 3.03. The molecule has 0 saturated carbocycles. The van der Waals surface area contributed by atoms with E-state index in [-0.39, 0.29) is 17.9 Å². The molecule has 0 spiro atoms. The minimum absolute atomic E-state index is 0.0358. The van der Waals surface area contributed by atoms with Gasteiger partial charge in [-0.2, -0.15) is 4.79 Å². The maximum absolute atomic E-state index is 12.3. The number of hydrogen-bond acceptors (Lipinski definition) is 5. The minimum atomic E-state index is -0.898. The van der Waals surface area contributed by atoms with Crippen LogP contribution in [0.3, 0.4) is 0 Å². The number of carbonyl (C=O) groups excluding carboxylic acids is 2. The Hall–Kier alpha value is -3.18. The van der Waals surface area contributed by atoms with Gasteiger partial charge in [0.25, 0.3) is 0 Å². The van der Waals surface area contributed by atoms with E-state index in [2.05, 4.69) is 16.1 Å². The van der Waals surface area contributed by atoms with Gasteiger partial charge in [0.2, 0.25) is 5.76 Å². The highest BCUT2D eigenvalue weighted by atomic mass is 16.5. The Morgan fingerprint density at radius 3 is 2.79 bits per heavy atom. The Bertz CT molecular complexity index is 831. The second-order valence-electron chi connectivity index (χ2n) is 4.81. The fraction of sp³-hybridized carbons (Fsp3) is 0.235. The molecular formula is C17H16N2O5. The van der Waals surface area contributed by atoms with E-state index in [1.807, 2.05) is 0 Å². The summed E-state index contributed by atoms with van der Waals surface area (Å²) in [6, 6.07) is 6.67. The number of benzene rings is 1. The van der Waals surface area contributed by atoms with E-state index in [0.717, 1.165) is 7.11 Å². The first-order valence-corrected chi connectivity index (χ1v) is 7.24. The summed E-state index contributed by atoms with van der Waals surface area (Å²) in [5.41, 5.74) is 9.16. The number of ether oxygens (including phenoxy) is 2. The van der Waals surface area contributed by atoms with E-state index in [0.29, 0.717) is 23.8 Å². The van der Waals surface area contributed by atoms with Crippen LogP contribution < -0.4 is 0 Å². The SMILES string of the molecule is C=CCCCOC(=O)c1oc2ccccc2c1C(=[N+]=[N-])C(=O)OC. The number of para-hydroxylation sites is 1. The first-order valence-electron chi connectivity index (χ1n) is 7.24. The predicted molar refractivity (Wildman–Crippen MR) is 85.7 cm³/mol. The van der Waals surface area contributed by atoms with Crippen molar-refractivity contribution in [3.05, 3.63) is 53.8 Å². The van der Waals surface area contributed by atoms with Gasteiger partial charge in [-0.25, -0.2) is 9.59 Å². The van der Waals surface area contributed by atoms with Crippen LogP contribution in [0.4, 0.5) is 0 Å². The van der Waals surface area contributed by atoms with Gasteiger partial charge >= 0.3 is 17.7 Å². The molecule has 2 aromatic rings. The molecule has 0 N–H and O–H groups in total. The number of fused-ring (bicyclic) bond motifs is 1. The van der Waals surface area contributed by atoms with Crippen LogP contribution in [0.1, 0.15) is 29.0 Å². The number of hydrogen-bond donors (Lipinski definition) is 0. The molecule has 0 unspecified atom stereocenters. The summed E-state index contributed by atoms with van der Waals surface area (Å²) in [6.45, 7) is 3.76. The van der Waals surface area contributed by atoms with Crippen LogP contribution in [-0.2, 0) is 14.3 Å². The summed E-state index contributed by atoms with van der Waals surface area (Å²) < 4.78 is 15.2. The number of allylic oxidation sites excluding steroid dienone is 1. The highest BCUT2D eigenvalue weighted by Crippen LogP contribution is 2.27. The van der Waals surface area contributed by atoms with Crippen LogP contribution in [0.15, 0.2) is 41.3 Å². The number of unbranched alkanes of at least 4 members (excludes halogenated alkanes) is 1. The molecule has 24 heavy (non-hydrogen) atoms. The number of furan rings is 1. The number of methoxy groups -OCH3 is 1. The lowest BCUT2D eigenvalue weighted by molar-refractivity contribution is -0.137. The molecule has 0 atom stereocenters. The molecule has 2 rings (SSSR count). The van der Waals surface area contributed by atoms with Gasteiger partial charge in [0.05, 0.1) is 13.7 Å². The monoisotopic (exact) mass is 328 g/mol. The van der Waals surface area contributed by atoms with Gasteiger partial charge < -0.3 is 19.4 Å². The zero-order chi connectivity index (χ0) is 17.5. The third-order valence-electron chi connectivity index (χ3n) is 3.28. The largest absolute Gasteiger partial charge is 0.460 e. The van der Waals surface area contributed by atoms with Crippen molar-refractivity contribution in [1.29, 1.82) is 0 Å². The zero-order valence-electron chi connectivity index (χ0n) is 13.2. The molecule has 0 aliphatic carbocycles. The summed E-state index contributed by atoms with van der Waals surface area (Å²) in [7, 11) is 1.14. The van der Waals surface area contributed by atoms with Crippen molar-refractivity contribution in [1.82, 2.24) is 0 Å². The van der Waals surface area contributed by atoms with Crippen LogP contribution in [0.5, 0.6) is 0 Å². The summed E-state index contributed by atoms with van der Waals surface area (Å²) in [5.74, 6) is -1.87. The van der Waals surface area contributed by atoms with Gasteiger partial charge in [-0.15, -0.1) is 6.58 Å². The lowest BCUT2D eigenvalue weighted by Gasteiger charge is -2.02. The van der Waals surface area contributed by atoms with Crippen molar-refractivity contribution < 1.29 is 28.3 Å². The van der Waals surface area contributed by atoms with Crippen LogP contribution in [0, 0.1) is 0 Å². The maximum atomic E-state index is 12.3. The Labute approximate surface area is 138 Å².